The minimum atomic E-state index is -0.165. The smallest absolute Gasteiger partial charge is 0.248 e. The minimum absolute atomic E-state index is 0.165. The van der Waals surface area contributed by atoms with E-state index in [1.165, 1.54) is 0 Å². The molecule has 0 aliphatic carbocycles. The van der Waals surface area contributed by atoms with Gasteiger partial charge < -0.3 is 5.32 Å². The molecule has 160 valence electrons. The van der Waals surface area contributed by atoms with Crippen LogP contribution in [0.4, 0.5) is 5.69 Å². The van der Waals surface area contributed by atoms with Gasteiger partial charge in [-0.3, -0.25) is 14.5 Å². The van der Waals surface area contributed by atoms with Gasteiger partial charge in [0, 0.05) is 41.5 Å². The first-order valence-electron chi connectivity index (χ1n) is 10.7. The number of anilines is 1. The molecule has 0 atom stereocenters. The Bertz CT molecular complexity index is 1230. The van der Waals surface area contributed by atoms with Crippen LogP contribution in [0.1, 0.15) is 29.2 Å². The molecule has 0 unspecified atom stereocenters. The van der Waals surface area contributed by atoms with E-state index in [0.29, 0.717) is 6.54 Å². The maximum atomic E-state index is 12.7. The SMILES string of the molecule is CCc1cccc(C)c1NC(=O)C=Cc1cn(Cc2ccccc2)nc1-c1cccnc1. The third kappa shape index (κ3) is 5.01. The van der Waals surface area contributed by atoms with Gasteiger partial charge in [-0.2, -0.15) is 5.10 Å². The Kier molecular flexibility index (Phi) is 6.56. The molecular weight excluding hydrogens is 396 g/mol. The summed E-state index contributed by atoms with van der Waals surface area (Å²) in [5, 5.41) is 7.81. The molecule has 0 bridgehead atoms. The number of aromatic nitrogens is 3. The summed E-state index contributed by atoms with van der Waals surface area (Å²) in [4.78, 5) is 16.9. The molecule has 0 spiro atoms. The standard InChI is InChI=1S/C27H26N4O/c1-3-22-12-7-9-20(2)26(22)29-25(32)15-14-24-19-31(18-21-10-5-4-6-11-21)30-27(24)23-13-8-16-28-17-23/h4-17,19H,3,18H2,1-2H3,(H,29,32). The number of hydrogen-bond acceptors (Lipinski definition) is 3. The summed E-state index contributed by atoms with van der Waals surface area (Å²) in [7, 11) is 0. The zero-order valence-electron chi connectivity index (χ0n) is 18.3. The molecule has 0 aliphatic heterocycles. The summed E-state index contributed by atoms with van der Waals surface area (Å²) in [6, 6.07) is 20.1. The van der Waals surface area contributed by atoms with Crippen molar-refractivity contribution < 1.29 is 4.79 Å². The Labute approximate surface area is 188 Å². The fourth-order valence-corrected chi connectivity index (χ4v) is 3.67. The van der Waals surface area contributed by atoms with Crippen molar-refractivity contribution in [2.24, 2.45) is 0 Å². The summed E-state index contributed by atoms with van der Waals surface area (Å²) in [6.45, 7) is 4.74. The van der Waals surface area contributed by atoms with Crippen molar-refractivity contribution in [1.82, 2.24) is 14.8 Å². The second kappa shape index (κ2) is 9.88. The maximum Gasteiger partial charge on any atom is 0.248 e. The lowest BCUT2D eigenvalue weighted by atomic mass is 10.1. The molecule has 2 aromatic heterocycles. The lowest BCUT2D eigenvalue weighted by Gasteiger charge is -2.11. The zero-order valence-corrected chi connectivity index (χ0v) is 18.3. The van der Waals surface area contributed by atoms with Gasteiger partial charge in [0.05, 0.1) is 6.54 Å². The minimum Gasteiger partial charge on any atom is -0.322 e. The molecule has 32 heavy (non-hydrogen) atoms. The van der Waals surface area contributed by atoms with Crippen LogP contribution in [-0.2, 0) is 17.8 Å². The summed E-state index contributed by atoms with van der Waals surface area (Å²) in [5.74, 6) is -0.165. The van der Waals surface area contributed by atoms with Crippen LogP contribution in [0.3, 0.4) is 0 Å². The van der Waals surface area contributed by atoms with Crippen LogP contribution in [0.2, 0.25) is 0 Å². The molecule has 2 aromatic carbocycles. The molecule has 4 rings (SSSR count). The Morgan fingerprint density at radius 3 is 2.66 bits per heavy atom. The Hall–Kier alpha value is -3.99. The van der Waals surface area contributed by atoms with Gasteiger partial charge in [-0.1, -0.05) is 55.5 Å². The second-order valence-electron chi connectivity index (χ2n) is 7.64. The van der Waals surface area contributed by atoms with Crippen molar-refractivity contribution in [2.75, 3.05) is 5.32 Å². The highest BCUT2D eigenvalue weighted by molar-refractivity contribution is 6.03. The molecule has 5 nitrogen and oxygen atoms in total. The number of rotatable bonds is 7. The molecule has 0 fully saturated rings. The van der Waals surface area contributed by atoms with Gasteiger partial charge in [0.25, 0.3) is 0 Å². The van der Waals surface area contributed by atoms with Gasteiger partial charge in [-0.05, 0) is 48.2 Å². The number of pyridine rings is 1. The van der Waals surface area contributed by atoms with E-state index in [2.05, 4.69) is 29.4 Å². The molecule has 1 amide bonds. The molecule has 2 heterocycles. The topological polar surface area (TPSA) is 59.8 Å². The normalized spacial score (nSPS) is 11.1. The van der Waals surface area contributed by atoms with Gasteiger partial charge in [-0.15, -0.1) is 0 Å². The van der Waals surface area contributed by atoms with Crippen LogP contribution in [-0.4, -0.2) is 20.7 Å². The molecule has 0 saturated carbocycles. The van der Waals surface area contributed by atoms with E-state index in [1.807, 2.05) is 72.4 Å². The number of amides is 1. The predicted molar refractivity (Wildman–Crippen MR) is 129 cm³/mol. The fourth-order valence-electron chi connectivity index (χ4n) is 3.67. The molecule has 5 heteroatoms. The van der Waals surface area contributed by atoms with Crippen LogP contribution in [0.15, 0.2) is 85.3 Å². The van der Waals surface area contributed by atoms with Crippen LogP contribution >= 0.6 is 0 Å². The van der Waals surface area contributed by atoms with Gasteiger partial charge in [0.1, 0.15) is 5.69 Å². The highest BCUT2D eigenvalue weighted by Crippen LogP contribution is 2.24. The number of nitrogens with one attached hydrogen (secondary N) is 1. The summed E-state index contributed by atoms with van der Waals surface area (Å²) in [5.41, 5.74) is 6.79. The van der Waals surface area contributed by atoms with E-state index in [9.17, 15) is 4.79 Å². The first-order valence-corrected chi connectivity index (χ1v) is 10.7. The Balaban J connectivity index is 1.60. The number of carbonyl (C=O) groups excluding carboxylic acids is 1. The number of nitrogens with zero attached hydrogens (tertiary/aromatic N) is 3. The van der Waals surface area contributed by atoms with E-state index < -0.39 is 0 Å². The number of aryl methyl sites for hydroxylation is 2. The monoisotopic (exact) mass is 422 g/mol. The van der Waals surface area contributed by atoms with Crippen molar-refractivity contribution in [3.05, 3.63) is 108 Å². The van der Waals surface area contributed by atoms with Gasteiger partial charge in [0.2, 0.25) is 5.91 Å². The van der Waals surface area contributed by atoms with Gasteiger partial charge >= 0.3 is 0 Å². The average Bonchev–Trinajstić information content (AvgIpc) is 3.23. The first-order chi connectivity index (χ1) is 15.6. The number of carbonyl (C=O) groups is 1. The highest BCUT2D eigenvalue weighted by Gasteiger charge is 2.11. The van der Waals surface area contributed by atoms with Crippen molar-refractivity contribution in [2.45, 2.75) is 26.8 Å². The molecule has 0 radical (unpaired) electrons. The second-order valence-corrected chi connectivity index (χ2v) is 7.64. The summed E-state index contributed by atoms with van der Waals surface area (Å²) < 4.78 is 1.89. The Morgan fingerprint density at radius 1 is 1.06 bits per heavy atom. The molecule has 4 aromatic rings. The molecule has 0 aliphatic rings. The predicted octanol–water partition coefficient (Wildman–Crippen LogP) is 5.52. The Morgan fingerprint density at radius 2 is 1.91 bits per heavy atom. The quantitative estimate of drug-likeness (QED) is 0.399. The van der Waals surface area contributed by atoms with E-state index in [1.54, 1.807) is 18.5 Å². The first kappa shape index (κ1) is 21.2. The van der Waals surface area contributed by atoms with Crippen LogP contribution in [0.5, 0.6) is 0 Å². The van der Waals surface area contributed by atoms with Crippen molar-refractivity contribution in [3.8, 4) is 11.3 Å². The van der Waals surface area contributed by atoms with Gasteiger partial charge in [0.15, 0.2) is 0 Å². The number of hydrogen-bond donors (Lipinski definition) is 1. The van der Waals surface area contributed by atoms with Crippen molar-refractivity contribution >= 4 is 17.7 Å². The van der Waals surface area contributed by atoms with Crippen LogP contribution < -0.4 is 5.32 Å². The van der Waals surface area contributed by atoms with Gasteiger partial charge in [-0.25, -0.2) is 0 Å². The maximum absolute atomic E-state index is 12.7. The van der Waals surface area contributed by atoms with Crippen molar-refractivity contribution in [1.29, 1.82) is 0 Å². The lowest BCUT2D eigenvalue weighted by molar-refractivity contribution is -0.111. The average molecular weight is 423 g/mol. The fraction of sp³-hybridized carbons (Fsp3) is 0.148. The number of para-hydroxylation sites is 1. The molecule has 1 N–H and O–H groups in total. The van der Waals surface area contributed by atoms with E-state index in [-0.39, 0.29) is 5.91 Å². The highest BCUT2D eigenvalue weighted by atomic mass is 16.1. The number of benzene rings is 2. The third-order valence-electron chi connectivity index (χ3n) is 5.31. The van der Waals surface area contributed by atoms with E-state index in [0.717, 1.165) is 45.6 Å². The zero-order chi connectivity index (χ0) is 22.3. The summed E-state index contributed by atoms with van der Waals surface area (Å²) in [6.07, 6.45) is 9.73. The molecular formula is C27H26N4O. The van der Waals surface area contributed by atoms with Crippen molar-refractivity contribution in [3.63, 3.8) is 0 Å². The van der Waals surface area contributed by atoms with Crippen LogP contribution in [0, 0.1) is 6.92 Å². The van der Waals surface area contributed by atoms with Crippen LogP contribution in [0.25, 0.3) is 17.3 Å². The largest absolute Gasteiger partial charge is 0.322 e. The lowest BCUT2D eigenvalue weighted by Crippen LogP contribution is -2.11. The van der Waals surface area contributed by atoms with E-state index in [4.69, 9.17) is 5.10 Å². The summed E-state index contributed by atoms with van der Waals surface area (Å²) >= 11 is 0. The molecule has 0 saturated heterocycles. The third-order valence-corrected chi connectivity index (χ3v) is 5.31. The van der Waals surface area contributed by atoms with E-state index >= 15 is 0 Å².